The van der Waals surface area contributed by atoms with E-state index in [1.54, 1.807) is 6.92 Å². The highest BCUT2D eigenvalue weighted by atomic mass is 16.5. The Labute approximate surface area is 125 Å². The number of carbonyl (C=O) groups excluding carboxylic acids is 2. The Balaban J connectivity index is 2.02. The summed E-state index contributed by atoms with van der Waals surface area (Å²) in [6.07, 6.45) is 0.401. The van der Waals surface area contributed by atoms with Crippen LogP contribution < -0.4 is 10.5 Å². The second kappa shape index (κ2) is 6.26. The topological polar surface area (TPSA) is 72.6 Å². The zero-order chi connectivity index (χ0) is 15.6. The Morgan fingerprint density at radius 3 is 2.38 bits per heavy atom. The highest BCUT2D eigenvalue weighted by Crippen LogP contribution is 2.23. The van der Waals surface area contributed by atoms with Crippen LogP contribution in [0.3, 0.4) is 0 Å². The lowest BCUT2D eigenvalue weighted by Crippen LogP contribution is -2.36. The van der Waals surface area contributed by atoms with Crippen LogP contribution in [0, 0.1) is 5.92 Å². The maximum absolute atomic E-state index is 11.9. The third-order valence-corrected chi connectivity index (χ3v) is 3.53. The van der Waals surface area contributed by atoms with Crippen LogP contribution in [0.5, 0.6) is 5.75 Å². The zero-order valence-electron chi connectivity index (χ0n) is 12.7. The number of carbonyl (C=O) groups is 2. The van der Waals surface area contributed by atoms with Gasteiger partial charge in [0.25, 0.3) is 0 Å². The first kappa shape index (κ1) is 15.5. The third kappa shape index (κ3) is 3.61. The van der Waals surface area contributed by atoms with Crippen LogP contribution in [-0.2, 0) is 9.59 Å². The molecule has 5 nitrogen and oxygen atoms in total. The molecule has 2 N–H and O–H groups in total. The first-order valence-corrected chi connectivity index (χ1v) is 7.25. The third-order valence-electron chi connectivity index (χ3n) is 3.53. The van der Waals surface area contributed by atoms with Crippen molar-refractivity contribution in [3.63, 3.8) is 0 Å². The van der Waals surface area contributed by atoms with Crippen molar-refractivity contribution in [1.82, 2.24) is 4.90 Å². The van der Waals surface area contributed by atoms with Gasteiger partial charge in [-0.05, 0) is 31.5 Å². The zero-order valence-corrected chi connectivity index (χ0v) is 12.7. The number of nitrogens with two attached hydrogens (primary N) is 1. The van der Waals surface area contributed by atoms with Crippen molar-refractivity contribution in [2.24, 2.45) is 11.7 Å². The molecule has 0 radical (unpaired) electrons. The van der Waals surface area contributed by atoms with Gasteiger partial charge in [0.2, 0.25) is 11.8 Å². The van der Waals surface area contributed by atoms with Crippen LogP contribution in [0.25, 0.3) is 0 Å². The number of likely N-dealkylation sites (tertiary alicyclic amines) is 1. The fourth-order valence-corrected chi connectivity index (χ4v) is 2.41. The minimum Gasteiger partial charge on any atom is -0.491 e. The van der Waals surface area contributed by atoms with Crippen molar-refractivity contribution >= 4 is 11.8 Å². The van der Waals surface area contributed by atoms with E-state index in [-0.39, 0.29) is 42.8 Å². The van der Waals surface area contributed by atoms with Gasteiger partial charge in [0.05, 0.1) is 6.10 Å². The number of nitrogens with zero attached hydrogens (tertiary/aromatic N) is 1. The quantitative estimate of drug-likeness (QED) is 0.840. The Kier molecular flexibility index (Phi) is 4.63. The molecule has 2 rings (SSSR count). The summed E-state index contributed by atoms with van der Waals surface area (Å²) in [6, 6.07) is 7.07. The minimum atomic E-state index is -0.378. The van der Waals surface area contributed by atoms with Gasteiger partial charge in [-0.15, -0.1) is 0 Å². The van der Waals surface area contributed by atoms with Gasteiger partial charge in [-0.25, -0.2) is 0 Å². The van der Waals surface area contributed by atoms with Crippen LogP contribution >= 0.6 is 0 Å². The van der Waals surface area contributed by atoms with E-state index in [0.29, 0.717) is 0 Å². The molecule has 21 heavy (non-hydrogen) atoms. The van der Waals surface area contributed by atoms with E-state index in [0.717, 1.165) is 11.3 Å². The van der Waals surface area contributed by atoms with Crippen molar-refractivity contribution in [3.05, 3.63) is 29.8 Å². The maximum atomic E-state index is 11.9. The van der Waals surface area contributed by atoms with E-state index in [2.05, 4.69) is 0 Å². The number of hydrogen-bond acceptors (Lipinski definition) is 4. The van der Waals surface area contributed by atoms with Crippen LogP contribution in [0.1, 0.15) is 38.8 Å². The van der Waals surface area contributed by atoms with Crippen LogP contribution in [-0.4, -0.2) is 29.4 Å². The molecule has 5 heteroatoms. The smallest absolute Gasteiger partial charge is 0.232 e. The molecule has 1 fully saturated rings. The van der Waals surface area contributed by atoms with Crippen molar-refractivity contribution in [3.8, 4) is 5.75 Å². The molecular formula is C16H22N2O3. The summed E-state index contributed by atoms with van der Waals surface area (Å²) < 4.78 is 5.57. The molecule has 0 bridgehead atoms. The number of ether oxygens (including phenoxy) is 1. The molecule has 114 valence electrons. The molecule has 0 aliphatic carbocycles. The first-order valence-electron chi connectivity index (χ1n) is 7.25. The predicted molar refractivity (Wildman–Crippen MR) is 79.6 cm³/mol. The van der Waals surface area contributed by atoms with Gasteiger partial charge in [-0.2, -0.15) is 0 Å². The number of rotatable bonds is 5. The van der Waals surface area contributed by atoms with Gasteiger partial charge < -0.3 is 10.5 Å². The van der Waals surface area contributed by atoms with Gasteiger partial charge in [-0.1, -0.05) is 19.1 Å². The second-order valence-corrected chi connectivity index (χ2v) is 5.79. The van der Waals surface area contributed by atoms with Gasteiger partial charge in [0.15, 0.2) is 0 Å². The molecule has 2 atom stereocenters. The molecule has 1 saturated heterocycles. The highest BCUT2D eigenvalue weighted by molar-refractivity contribution is 6.03. The standard InChI is InChI=1S/C16H22N2O3/c1-10(2)21-13-6-4-12(5-7-13)14(17)9-18-15(19)8-11(3)16(18)20/h4-7,10-11,14H,8-9,17H2,1-3H3. The van der Waals surface area contributed by atoms with Crippen molar-refractivity contribution in [1.29, 1.82) is 0 Å². The molecular weight excluding hydrogens is 268 g/mol. The number of amides is 2. The molecule has 1 aromatic rings. The van der Waals surface area contributed by atoms with Crippen molar-refractivity contribution in [2.45, 2.75) is 39.3 Å². The van der Waals surface area contributed by atoms with E-state index in [9.17, 15) is 9.59 Å². The molecule has 2 amide bonds. The molecule has 1 aromatic carbocycles. The average Bonchev–Trinajstić information content (AvgIpc) is 2.65. The number of benzene rings is 1. The summed E-state index contributed by atoms with van der Waals surface area (Å²) >= 11 is 0. The number of hydrogen-bond donors (Lipinski definition) is 1. The average molecular weight is 290 g/mol. The Bertz CT molecular complexity index is 525. The van der Waals surface area contributed by atoms with E-state index >= 15 is 0 Å². The number of imide groups is 1. The summed E-state index contributed by atoms with van der Waals surface area (Å²) in [4.78, 5) is 24.9. The molecule has 2 unspecified atom stereocenters. The van der Waals surface area contributed by atoms with Crippen molar-refractivity contribution in [2.75, 3.05) is 6.54 Å². The maximum Gasteiger partial charge on any atom is 0.232 e. The molecule has 0 spiro atoms. The van der Waals surface area contributed by atoms with Gasteiger partial charge >= 0.3 is 0 Å². The fraction of sp³-hybridized carbons (Fsp3) is 0.500. The van der Waals surface area contributed by atoms with Crippen molar-refractivity contribution < 1.29 is 14.3 Å². The van der Waals surface area contributed by atoms with E-state index in [4.69, 9.17) is 10.5 Å². The Morgan fingerprint density at radius 2 is 1.90 bits per heavy atom. The first-order chi connectivity index (χ1) is 9.88. The van der Waals surface area contributed by atoms with Crippen LogP contribution in [0.4, 0.5) is 0 Å². The normalized spacial score (nSPS) is 20.2. The Hall–Kier alpha value is -1.88. The summed E-state index contributed by atoms with van der Waals surface area (Å²) in [5.41, 5.74) is 6.99. The second-order valence-electron chi connectivity index (χ2n) is 5.79. The summed E-state index contributed by atoms with van der Waals surface area (Å²) in [6.45, 7) is 5.92. The van der Waals surface area contributed by atoms with Crippen LogP contribution in [0.2, 0.25) is 0 Å². The summed E-state index contributed by atoms with van der Waals surface area (Å²) in [7, 11) is 0. The summed E-state index contributed by atoms with van der Waals surface area (Å²) in [5.74, 6) is 0.285. The lowest BCUT2D eigenvalue weighted by molar-refractivity contribution is -0.139. The van der Waals surface area contributed by atoms with Gasteiger partial charge in [0, 0.05) is 24.9 Å². The molecule has 1 aliphatic rings. The van der Waals surface area contributed by atoms with E-state index in [1.807, 2.05) is 38.1 Å². The SMILES string of the molecule is CC(C)Oc1ccc(C(N)CN2C(=O)CC(C)C2=O)cc1. The van der Waals surface area contributed by atoms with Gasteiger partial charge in [0.1, 0.15) is 5.75 Å². The molecule has 1 aliphatic heterocycles. The lowest BCUT2D eigenvalue weighted by Gasteiger charge is -2.20. The molecule has 0 aromatic heterocycles. The predicted octanol–water partition coefficient (Wildman–Crippen LogP) is 1.87. The Morgan fingerprint density at radius 1 is 1.29 bits per heavy atom. The van der Waals surface area contributed by atoms with E-state index in [1.165, 1.54) is 4.90 Å². The highest BCUT2D eigenvalue weighted by Gasteiger charge is 2.36. The van der Waals surface area contributed by atoms with Gasteiger partial charge in [-0.3, -0.25) is 14.5 Å². The summed E-state index contributed by atoms with van der Waals surface area (Å²) in [5, 5.41) is 0. The fourth-order valence-electron chi connectivity index (χ4n) is 2.41. The monoisotopic (exact) mass is 290 g/mol. The molecule has 0 saturated carbocycles. The van der Waals surface area contributed by atoms with E-state index < -0.39 is 0 Å². The largest absolute Gasteiger partial charge is 0.491 e. The lowest BCUT2D eigenvalue weighted by atomic mass is 10.1. The van der Waals surface area contributed by atoms with Crippen LogP contribution in [0.15, 0.2) is 24.3 Å². The molecule has 1 heterocycles. The minimum absolute atomic E-state index is 0.117.